The average molecular weight is 341 g/mol. The smallest absolute Gasteiger partial charge is 0.198 e. The zero-order chi connectivity index (χ0) is 17.9. The summed E-state index contributed by atoms with van der Waals surface area (Å²) in [6.45, 7) is 1.97. The highest BCUT2D eigenvalue weighted by molar-refractivity contribution is 6.12. The predicted octanol–water partition coefficient (Wildman–Crippen LogP) is 5.31. The van der Waals surface area contributed by atoms with Crippen molar-refractivity contribution < 1.29 is 9.53 Å². The molecule has 0 saturated carbocycles. The van der Waals surface area contributed by atoms with Crippen LogP contribution in [0.1, 0.15) is 27.6 Å². The minimum Gasteiger partial charge on any atom is -0.480 e. The highest BCUT2D eigenvalue weighted by atomic mass is 16.5. The lowest BCUT2D eigenvalue weighted by molar-refractivity contribution is 0.0960. The summed E-state index contributed by atoms with van der Waals surface area (Å²) >= 11 is 0. The molecule has 0 bridgehead atoms. The SMILES string of the molecule is Cc1ccc2c(c1)C(=O)/C(=C\Nc1ccccc1)C(c1ccccc1)O2. The van der Waals surface area contributed by atoms with Gasteiger partial charge in [0.05, 0.1) is 11.1 Å². The fourth-order valence-electron chi connectivity index (χ4n) is 3.10. The van der Waals surface area contributed by atoms with Crippen molar-refractivity contribution in [3.8, 4) is 5.75 Å². The second kappa shape index (κ2) is 6.89. The summed E-state index contributed by atoms with van der Waals surface area (Å²) in [4.78, 5) is 13.2. The van der Waals surface area contributed by atoms with E-state index in [9.17, 15) is 4.79 Å². The Hall–Kier alpha value is -3.33. The van der Waals surface area contributed by atoms with Crippen LogP contribution in [0.5, 0.6) is 5.75 Å². The fraction of sp³-hybridized carbons (Fsp3) is 0.0870. The van der Waals surface area contributed by atoms with Gasteiger partial charge in [0.25, 0.3) is 0 Å². The maximum Gasteiger partial charge on any atom is 0.198 e. The molecular weight excluding hydrogens is 322 g/mol. The minimum atomic E-state index is -0.435. The molecule has 26 heavy (non-hydrogen) atoms. The third-order valence-corrected chi connectivity index (χ3v) is 4.44. The average Bonchev–Trinajstić information content (AvgIpc) is 2.69. The van der Waals surface area contributed by atoms with Crippen LogP contribution >= 0.6 is 0 Å². The molecule has 1 aliphatic heterocycles. The molecule has 128 valence electrons. The van der Waals surface area contributed by atoms with Gasteiger partial charge in [-0.05, 0) is 36.8 Å². The molecular formula is C23H19NO2. The van der Waals surface area contributed by atoms with E-state index in [2.05, 4.69) is 5.32 Å². The van der Waals surface area contributed by atoms with Crippen molar-refractivity contribution in [1.29, 1.82) is 0 Å². The zero-order valence-electron chi connectivity index (χ0n) is 14.5. The first kappa shape index (κ1) is 16.2. The number of anilines is 1. The summed E-state index contributed by atoms with van der Waals surface area (Å²) in [6, 6.07) is 25.3. The Balaban J connectivity index is 1.77. The zero-order valence-corrected chi connectivity index (χ0v) is 14.5. The third kappa shape index (κ3) is 3.11. The molecule has 1 aliphatic rings. The van der Waals surface area contributed by atoms with Crippen molar-refractivity contribution in [2.75, 3.05) is 5.32 Å². The Bertz CT molecular complexity index is 962. The Kier molecular flexibility index (Phi) is 4.28. The van der Waals surface area contributed by atoms with Gasteiger partial charge < -0.3 is 10.1 Å². The van der Waals surface area contributed by atoms with Gasteiger partial charge in [0.1, 0.15) is 5.75 Å². The van der Waals surface area contributed by atoms with E-state index in [1.807, 2.05) is 85.8 Å². The number of para-hydroxylation sites is 1. The number of nitrogens with one attached hydrogen (secondary N) is 1. The van der Waals surface area contributed by atoms with E-state index in [1.54, 1.807) is 6.20 Å². The number of benzene rings is 3. The Morgan fingerprint density at radius 3 is 2.35 bits per heavy atom. The second-order valence-corrected chi connectivity index (χ2v) is 6.35. The molecule has 0 aromatic heterocycles. The third-order valence-electron chi connectivity index (χ3n) is 4.44. The lowest BCUT2D eigenvalue weighted by atomic mass is 9.91. The van der Waals surface area contributed by atoms with Crippen molar-refractivity contribution in [2.45, 2.75) is 13.0 Å². The summed E-state index contributed by atoms with van der Waals surface area (Å²) in [6.07, 6.45) is 1.33. The van der Waals surface area contributed by atoms with Gasteiger partial charge in [-0.1, -0.05) is 60.2 Å². The summed E-state index contributed by atoms with van der Waals surface area (Å²) in [5.74, 6) is 0.624. The number of Topliss-reactive ketones (excluding diaryl/α,β-unsaturated/α-hetero) is 1. The van der Waals surface area contributed by atoms with E-state index < -0.39 is 6.10 Å². The molecule has 3 aromatic rings. The number of hydrogen-bond acceptors (Lipinski definition) is 3. The molecule has 1 atom stereocenters. The Morgan fingerprint density at radius 2 is 1.62 bits per heavy atom. The second-order valence-electron chi connectivity index (χ2n) is 6.35. The van der Waals surface area contributed by atoms with Crippen molar-refractivity contribution in [2.24, 2.45) is 0 Å². The van der Waals surface area contributed by atoms with E-state index in [-0.39, 0.29) is 5.78 Å². The van der Waals surface area contributed by atoms with Gasteiger partial charge in [-0.25, -0.2) is 0 Å². The van der Waals surface area contributed by atoms with Crippen molar-refractivity contribution in [3.05, 3.63) is 107 Å². The first-order valence-electron chi connectivity index (χ1n) is 8.61. The van der Waals surface area contributed by atoms with Crippen LogP contribution in [0.4, 0.5) is 5.69 Å². The van der Waals surface area contributed by atoms with Crippen LogP contribution in [0.25, 0.3) is 0 Å². The van der Waals surface area contributed by atoms with Crippen molar-refractivity contribution in [1.82, 2.24) is 0 Å². The molecule has 3 nitrogen and oxygen atoms in total. The number of carbonyl (C=O) groups excluding carboxylic acids is 1. The molecule has 1 unspecified atom stereocenters. The van der Waals surface area contributed by atoms with Crippen LogP contribution in [0.3, 0.4) is 0 Å². The minimum absolute atomic E-state index is 0.00719. The van der Waals surface area contributed by atoms with Crippen LogP contribution in [-0.4, -0.2) is 5.78 Å². The standard InChI is InChI=1S/C23H19NO2/c1-16-12-13-21-19(14-16)22(25)20(15-24-18-10-6-3-7-11-18)23(26-21)17-8-4-2-5-9-17/h2-15,23-24H,1H3/b20-15+. The number of rotatable bonds is 3. The summed E-state index contributed by atoms with van der Waals surface area (Å²) in [5, 5.41) is 3.23. The number of ketones is 1. The van der Waals surface area contributed by atoms with Crippen LogP contribution < -0.4 is 10.1 Å². The van der Waals surface area contributed by atoms with Gasteiger partial charge in [0.2, 0.25) is 0 Å². The van der Waals surface area contributed by atoms with Gasteiger partial charge in [-0.3, -0.25) is 4.79 Å². The number of ether oxygens (including phenoxy) is 1. The molecule has 0 amide bonds. The van der Waals surface area contributed by atoms with E-state index in [4.69, 9.17) is 4.74 Å². The first-order valence-corrected chi connectivity index (χ1v) is 8.61. The lowest BCUT2D eigenvalue weighted by Gasteiger charge is -2.28. The van der Waals surface area contributed by atoms with Crippen LogP contribution in [0.2, 0.25) is 0 Å². The first-order chi connectivity index (χ1) is 12.7. The molecule has 3 heteroatoms. The monoisotopic (exact) mass is 341 g/mol. The lowest BCUT2D eigenvalue weighted by Crippen LogP contribution is -2.24. The van der Waals surface area contributed by atoms with Gasteiger partial charge in [0.15, 0.2) is 11.9 Å². The summed E-state index contributed by atoms with van der Waals surface area (Å²) in [5.41, 5.74) is 4.12. The van der Waals surface area contributed by atoms with E-state index in [1.165, 1.54) is 0 Å². The molecule has 0 spiro atoms. The van der Waals surface area contributed by atoms with E-state index in [0.29, 0.717) is 16.9 Å². The van der Waals surface area contributed by atoms with Crippen LogP contribution in [0, 0.1) is 6.92 Å². The van der Waals surface area contributed by atoms with E-state index >= 15 is 0 Å². The molecule has 0 saturated heterocycles. The highest BCUT2D eigenvalue weighted by Gasteiger charge is 2.33. The molecule has 4 rings (SSSR count). The predicted molar refractivity (Wildman–Crippen MR) is 103 cm³/mol. The van der Waals surface area contributed by atoms with Gasteiger partial charge in [-0.2, -0.15) is 0 Å². The number of hydrogen-bond donors (Lipinski definition) is 1. The number of carbonyl (C=O) groups is 1. The maximum absolute atomic E-state index is 13.2. The number of fused-ring (bicyclic) bond motifs is 1. The Labute approximate surface area is 152 Å². The molecule has 0 radical (unpaired) electrons. The fourth-order valence-corrected chi connectivity index (χ4v) is 3.10. The topological polar surface area (TPSA) is 38.3 Å². The molecule has 0 aliphatic carbocycles. The van der Waals surface area contributed by atoms with Gasteiger partial charge >= 0.3 is 0 Å². The van der Waals surface area contributed by atoms with E-state index in [0.717, 1.165) is 16.8 Å². The molecule has 0 fully saturated rings. The van der Waals surface area contributed by atoms with Crippen LogP contribution in [-0.2, 0) is 0 Å². The normalized spacial score (nSPS) is 17.5. The van der Waals surface area contributed by atoms with Crippen molar-refractivity contribution >= 4 is 11.5 Å². The maximum atomic E-state index is 13.2. The molecule has 3 aromatic carbocycles. The van der Waals surface area contributed by atoms with Crippen molar-refractivity contribution in [3.63, 3.8) is 0 Å². The summed E-state index contributed by atoms with van der Waals surface area (Å²) in [7, 11) is 0. The quantitative estimate of drug-likeness (QED) is 0.656. The van der Waals surface area contributed by atoms with Gasteiger partial charge in [0, 0.05) is 11.9 Å². The number of aryl methyl sites for hydroxylation is 1. The summed E-state index contributed by atoms with van der Waals surface area (Å²) < 4.78 is 6.22. The Morgan fingerprint density at radius 1 is 0.923 bits per heavy atom. The molecule has 1 N–H and O–H groups in total. The molecule has 1 heterocycles. The highest BCUT2D eigenvalue weighted by Crippen LogP contribution is 2.38. The van der Waals surface area contributed by atoms with Crippen LogP contribution in [0.15, 0.2) is 90.6 Å². The largest absolute Gasteiger partial charge is 0.480 e. The van der Waals surface area contributed by atoms with Gasteiger partial charge in [-0.15, -0.1) is 0 Å².